The van der Waals surface area contributed by atoms with Crippen molar-refractivity contribution in [1.29, 1.82) is 0 Å². The van der Waals surface area contributed by atoms with E-state index >= 15 is 0 Å². The molecule has 0 aliphatic carbocycles. The van der Waals surface area contributed by atoms with Gasteiger partial charge in [0, 0.05) is 0 Å². The molecule has 0 unspecified atom stereocenters. The molecule has 0 saturated heterocycles. The van der Waals surface area contributed by atoms with Crippen molar-refractivity contribution < 1.29 is 8.82 Å². The van der Waals surface area contributed by atoms with E-state index in [0.717, 1.165) is 0 Å². The fourth-order valence-corrected chi connectivity index (χ4v) is 2.55. The van der Waals surface area contributed by atoms with E-state index in [2.05, 4.69) is 39.0 Å². The van der Waals surface area contributed by atoms with Gasteiger partial charge >= 0.3 is 0 Å². The summed E-state index contributed by atoms with van der Waals surface area (Å²) in [7, 11) is -1.70. The average Bonchev–Trinajstić information content (AvgIpc) is 2.44. The number of aromatic nitrogens is 2. The summed E-state index contributed by atoms with van der Waals surface area (Å²) in [6, 6.07) is 0. The molecule has 0 radical (unpaired) electrons. The van der Waals surface area contributed by atoms with Crippen LogP contribution in [-0.4, -0.2) is 24.7 Å². The molecule has 3 nitrogen and oxygen atoms in total. The summed E-state index contributed by atoms with van der Waals surface area (Å²) < 4.78 is 21.1. The summed E-state index contributed by atoms with van der Waals surface area (Å²) in [6.07, 6.45) is 1.41. The monoisotopic (exact) mass is 370 g/mol. The highest BCUT2D eigenvalue weighted by Crippen LogP contribution is 2.36. The summed E-state index contributed by atoms with van der Waals surface area (Å²) in [5, 5.41) is 4.26. The van der Waals surface area contributed by atoms with Gasteiger partial charge in [-0.3, -0.25) is 4.68 Å². The van der Waals surface area contributed by atoms with Gasteiger partial charge in [0.2, 0.25) is 0 Å². The maximum atomic E-state index is 13.1. The van der Waals surface area contributed by atoms with Crippen LogP contribution < -0.4 is 0 Å². The molecule has 98 valence electrons. The Balaban J connectivity index is 2.48. The van der Waals surface area contributed by atoms with Crippen molar-refractivity contribution in [3.8, 4) is 0 Å². The predicted molar refractivity (Wildman–Crippen MR) is 78.1 cm³/mol. The quantitative estimate of drug-likeness (QED) is 0.598. The molecule has 0 N–H and O–H groups in total. The summed E-state index contributed by atoms with van der Waals surface area (Å²) in [6.45, 7) is 12.2. The Labute approximate surface area is 117 Å². The highest BCUT2D eigenvalue weighted by atomic mass is 127. The Hall–Kier alpha value is 0.0469. The molecule has 0 amide bonds. The zero-order chi connectivity index (χ0) is 13.3. The number of nitrogens with zero attached hydrogens (tertiary/aromatic N) is 2. The molecule has 17 heavy (non-hydrogen) atoms. The highest BCUT2D eigenvalue weighted by Gasteiger charge is 2.36. The third kappa shape index (κ3) is 4.03. The van der Waals surface area contributed by atoms with Gasteiger partial charge in [-0.25, -0.2) is 4.39 Å². The van der Waals surface area contributed by atoms with Crippen LogP contribution in [0.5, 0.6) is 0 Å². The number of halogens is 2. The van der Waals surface area contributed by atoms with Gasteiger partial charge < -0.3 is 4.43 Å². The van der Waals surface area contributed by atoms with Gasteiger partial charge in [0.1, 0.15) is 0 Å². The highest BCUT2D eigenvalue weighted by molar-refractivity contribution is 14.1. The Morgan fingerprint density at radius 1 is 1.47 bits per heavy atom. The smallest absolute Gasteiger partial charge is 0.192 e. The molecule has 0 bridgehead atoms. The second-order valence-electron chi connectivity index (χ2n) is 5.64. The lowest BCUT2D eigenvalue weighted by molar-refractivity contribution is 0.265. The number of rotatable bonds is 4. The van der Waals surface area contributed by atoms with Crippen LogP contribution >= 0.6 is 22.6 Å². The van der Waals surface area contributed by atoms with Gasteiger partial charge in [0.15, 0.2) is 17.8 Å². The molecule has 0 atom stereocenters. The van der Waals surface area contributed by atoms with Gasteiger partial charge in [0.25, 0.3) is 0 Å². The lowest BCUT2D eigenvalue weighted by Gasteiger charge is -2.36. The van der Waals surface area contributed by atoms with E-state index in [1.165, 1.54) is 6.20 Å². The zero-order valence-electron chi connectivity index (χ0n) is 11.1. The first-order valence-electron chi connectivity index (χ1n) is 5.66. The van der Waals surface area contributed by atoms with Gasteiger partial charge in [0.05, 0.1) is 19.3 Å². The van der Waals surface area contributed by atoms with Crippen molar-refractivity contribution in [3.05, 3.63) is 15.7 Å². The number of hydrogen-bond acceptors (Lipinski definition) is 2. The van der Waals surface area contributed by atoms with Crippen LogP contribution in [0.15, 0.2) is 6.20 Å². The molecule has 0 aromatic carbocycles. The van der Waals surface area contributed by atoms with Crippen LogP contribution in [0.4, 0.5) is 4.39 Å². The van der Waals surface area contributed by atoms with Gasteiger partial charge in [-0.15, -0.1) is 0 Å². The van der Waals surface area contributed by atoms with E-state index in [0.29, 0.717) is 16.9 Å². The minimum Gasteiger partial charge on any atom is -0.415 e. The molecule has 1 heterocycles. The lowest BCUT2D eigenvalue weighted by atomic mass is 10.2. The van der Waals surface area contributed by atoms with Crippen molar-refractivity contribution in [1.82, 2.24) is 9.78 Å². The summed E-state index contributed by atoms with van der Waals surface area (Å²) >= 11 is 1.89. The molecule has 0 spiro atoms. The Kier molecular flexibility index (Phi) is 4.76. The van der Waals surface area contributed by atoms with Crippen LogP contribution in [-0.2, 0) is 11.0 Å². The molecule has 1 rings (SSSR count). The Morgan fingerprint density at radius 3 is 2.47 bits per heavy atom. The van der Waals surface area contributed by atoms with Crippen molar-refractivity contribution in [2.24, 2.45) is 0 Å². The first-order valence-corrected chi connectivity index (χ1v) is 9.64. The van der Waals surface area contributed by atoms with Crippen LogP contribution in [0.3, 0.4) is 0 Å². The molecule has 6 heteroatoms. The largest absolute Gasteiger partial charge is 0.415 e. The van der Waals surface area contributed by atoms with Crippen molar-refractivity contribution in [2.45, 2.75) is 45.4 Å². The van der Waals surface area contributed by atoms with Crippen molar-refractivity contribution in [3.63, 3.8) is 0 Å². The van der Waals surface area contributed by atoms with Crippen molar-refractivity contribution >= 4 is 30.9 Å². The van der Waals surface area contributed by atoms with Crippen LogP contribution in [0.2, 0.25) is 18.1 Å². The first-order chi connectivity index (χ1) is 7.63. The molecular weight excluding hydrogens is 350 g/mol. The van der Waals surface area contributed by atoms with Gasteiger partial charge in [-0.2, -0.15) is 5.10 Å². The minimum atomic E-state index is -1.70. The van der Waals surface area contributed by atoms with Crippen LogP contribution in [0.25, 0.3) is 0 Å². The molecule has 1 aromatic heterocycles. The molecular formula is C11H20FIN2OSi. The maximum absolute atomic E-state index is 13.1. The van der Waals surface area contributed by atoms with E-state index in [-0.39, 0.29) is 10.9 Å². The van der Waals surface area contributed by atoms with Gasteiger partial charge in [-0.1, -0.05) is 20.8 Å². The topological polar surface area (TPSA) is 27.1 Å². The summed E-state index contributed by atoms with van der Waals surface area (Å²) in [5.41, 5.74) is 0. The minimum absolute atomic E-state index is 0.205. The third-order valence-corrected chi connectivity index (χ3v) is 8.53. The average molecular weight is 370 g/mol. The SMILES string of the molecule is CC(C)(C)[Si](C)(C)OCCn1cc(F)c(I)n1. The van der Waals surface area contributed by atoms with Crippen LogP contribution in [0, 0.1) is 9.52 Å². The van der Waals surface area contributed by atoms with E-state index in [1.807, 2.05) is 22.6 Å². The number of hydrogen-bond donors (Lipinski definition) is 0. The van der Waals surface area contributed by atoms with Crippen molar-refractivity contribution in [2.75, 3.05) is 6.61 Å². The summed E-state index contributed by atoms with van der Waals surface area (Å²) in [5.74, 6) is -0.266. The molecule has 0 aliphatic heterocycles. The maximum Gasteiger partial charge on any atom is 0.192 e. The van der Waals surface area contributed by atoms with Gasteiger partial charge in [-0.05, 0) is 40.7 Å². The Bertz CT molecular complexity index is 368. The van der Waals surface area contributed by atoms with E-state index in [4.69, 9.17) is 4.43 Å². The standard InChI is InChI=1S/C11H20FIN2OSi/c1-11(2,3)17(4,5)16-7-6-15-8-9(12)10(13)14-15/h8H,6-7H2,1-5H3. The molecule has 0 saturated carbocycles. The van der Waals surface area contributed by atoms with E-state index in [9.17, 15) is 4.39 Å². The molecule has 0 aliphatic rings. The second kappa shape index (κ2) is 5.36. The lowest BCUT2D eigenvalue weighted by Crippen LogP contribution is -2.41. The molecule has 0 fully saturated rings. The predicted octanol–water partition coefficient (Wildman–Crippen LogP) is 3.65. The normalized spacial score (nSPS) is 13.1. The van der Waals surface area contributed by atoms with E-state index < -0.39 is 8.32 Å². The fourth-order valence-electron chi connectivity index (χ4n) is 1.10. The van der Waals surface area contributed by atoms with E-state index in [1.54, 1.807) is 4.68 Å². The zero-order valence-corrected chi connectivity index (χ0v) is 14.2. The third-order valence-electron chi connectivity index (χ3n) is 3.27. The fraction of sp³-hybridized carbons (Fsp3) is 0.727. The Morgan fingerprint density at radius 2 is 2.06 bits per heavy atom. The second-order valence-corrected chi connectivity index (χ2v) is 11.5. The summed E-state index contributed by atoms with van der Waals surface area (Å²) in [4.78, 5) is 0. The molecule has 1 aromatic rings. The first kappa shape index (κ1) is 15.1. The van der Waals surface area contributed by atoms with Crippen LogP contribution in [0.1, 0.15) is 20.8 Å².